The number of esters is 1. The van der Waals surface area contributed by atoms with Crippen LogP contribution in [0.1, 0.15) is 19.6 Å². The lowest BCUT2D eigenvalue weighted by Crippen LogP contribution is -2.30. The second-order valence-corrected chi connectivity index (χ2v) is 4.25. The number of hydrogen-bond acceptors (Lipinski definition) is 6. The van der Waals surface area contributed by atoms with Gasteiger partial charge in [-0.05, 0) is 6.07 Å². The normalized spacial score (nSPS) is 26.3. The number of anilines is 1. The monoisotopic (exact) mass is 271 g/mol. The summed E-state index contributed by atoms with van der Waals surface area (Å²) in [6.45, 7) is 1.22. The molecule has 7 nitrogen and oxygen atoms in total. The van der Waals surface area contributed by atoms with E-state index >= 15 is 0 Å². The van der Waals surface area contributed by atoms with Crippen LogP contribution in [-0.2, 0) is 14.3 Å². The molecule has 3 atom stereocenters. The van der Waals surface area contributed by atoms with Crippen molar-refractivity contribution < 1.29 is 18.7 Å². The van der Waals surface area contributed by atoms with Crippen molar-refractivity contribution >= 4 is 11.8 Å². The molecule has 8 heteroatoms. The van der Waals surface area contributed by atoms with Gasteiger partial charge in [0, 0.05) is 19.5 Å². The van der Waals surface area contributed by atoms with E-state index in [1.807, 2.05) is 0 Å². The summed E-state index contributed by atoms with van der Waals surface area (Å²) < 4.78 is 25.0. The number of aromatic nitrogens is 2. The molecule has 0 radical (unpaired) electrons. The minimum Gasteiger partial charge on any atom is -0.463 e. The number of ether oxygens (including phenoxy) is 2. The number of alkyl halides is 1. The largest absolute Gasteiger partial charge is 0.463 e. The van der Waals surface area contributed by atoms with E-state index < -0.39 is 30.2 Å². The average Bonchev–Trinajstić information content (AvgIpc) is 2.68. The molecule has 0 aliphatic carbocycles. The predicted octanol–water partition coefficient (Wildman–Crippen LogP) is 0.0142. The molecule has 0 bridgehead atoms. The third-order valence-corrected chi connectivity index (χ3v) is 2.73. The van der Waals surface area contributed by atoms with Crippen LogP contribution in [0.25, 0.3) is 0 Å². The van der Waals surface area contributed by atoms with Crippen molar-refractivity contribution in [3.63, 3.8) is 0 Å². The van der Waals surface area contributed by atoms with Gasteiger partial charge in [-0.25, -0.2) is 9.18 Å². The summed E-state index contributed by atoms with van der Waals surface area (Å²) in [5.41, 5.74) is 4.67. The van der Waals surface area contributed by atoms with Gasteiger partial charge in [-0.3, -0.25) is 9.36 Å². The van der Waals surface area contributed by atoms with Gasteiger partial charge in [0.05, 0.1) is 6.10 Å². The molecule has 1 aromatic heterocycles. The molecule has 0 amide bonds. The Morgan fingerprint density at radius 3 is 3.11 bits per heavy atom. The highest BCUT2D eigenvalue weighted by atomic mass is 19.1. The highest BCUT2D eigenvalue weighted by Gasteiger charge is 2.37. The molecular formula is C11H14FN3O4. The molecule has 104 valence electrons. The summed E-state index contributed by atoms with van der Waals surface area (Å²) in [5.74, 6) is -0.403. The first-order chi connectivity index (χ1) is 8.97. The van der Waals surface area contributed by atoms with E-state index in [9.17, 15) is 14.0 Å². The quantitative estimate of drug-likeness (QED) is 0.778. The molecule has 19 heavy (non-hydrogen) atoms. The van der Waals surface area contributed by atoms with Gasteiger partial charge in [0.25, 0.3) is 0 Å². The first-order valence-corrected chi connectivity index (χ1v) is 5.75. The van der Waals surface area contributed by atoms with Gasteiger partial charge < -0.3 is 15.2 Å². The van der Waals surface area contributed by atoms with E-state index in [0.29, 0.717) is 0 Å². The average molecular weight is 271 g/mol. The molecule has 2 rings (SSSR count). The topological polar surface area (TPSA) is 96.4 Å². The fraction of sp³-hybridized carbons (Fsp3) is 0.545. The zero-order valence-electron chi connectivity index (χ0n) is 10.3. The molecule has 0 saturated carbocycles. The van der Waals surface area contributed by atoms with Crippen molar-refractivity contribution in [1.82, 2.24) is 9.55 Å². The van der Waals surface area contributed by atoms with Crippen LogP contribution in [-0.4, -0.2) is 34.4 Å². The Balaban J connectivity index is 2.09. The molecule has 0 aromatic carbocycles. The Morgan fingerprint density at radius 2 is 2.47 bits per heavy atom. The van der Waals surface area contributed by atoms with Crippen molar-refractivity contribution in [3.8, 4) is 0 Å². The van der Waals surface area contributed by atoms with Crippen molar-refractivity contribution in [2.24, 2.45) is 0 Å². The number of rotatable bonds is 3. The van der Waals surface area contributed by atoms with Gasteiger partial charge in [0.15, 0.2) is 6.23 Å². The van der Waals surface area contributed by atoms with Gasteiger partial charge in [-0.1, -0.05) is 0 Å². The zero-order chi connectivity index (χ0) is 14.0. The SMILES string of the molecule is CC(=O)OC[C@@H]1C[C@@H](F)[C@H](n2ccc(N)nc2=O)O1. The summed E-state index contributed by atoms with van der Waals surface area (Å²) in [6, 6.07) is 1.39. The Bertz CT molecular complexity index is 533. The number of carbonyl (C=O) groups is 1. The van der Waals surface area contributed by atoms with E-state index in [1.165, 1.54) is 19.2 Å². The van der Waals surface area contributed by atoms with E-state index in [2.05, 4.69) is 4.98 Å². The highest BCUT2D eigenvalue weighted by Crippen LogP contribution is 2.30. The maximum atomic E-state index is 13.8. The number of carbonyl (C=O) groups excluding carboxylic acids is 1. The molecule has 0 spiro atoms. The van der Waals surface area contributed by atoms with Gasteiger partial charge in [0.2, 0.25) is 0 Å². The number of nitrogen functional groups attached to an aromatic ring is 1. The lowest BCUT2D eigenvalue weighted by Gasteiger charge is -2.16. The van der Waals surface area contributed by atoms with Gasteiger partial charge >= 0.3 is 11.7 Å². The standard InChI is InChI=1S/C11H14FN3O4/c1-6(16)18-5-7-4-8(12)10(19-7)15-3-2-9(13)14-11(15)17/h2-3,7-8,10H,4-5H2,1H3,(H2,13,14,17)/t7-,8+,10+/m0/s1. The van der Waals surface area contributed by atoms with Crippen LogP contribution in [0.4, 0.5) is 10.2 Å². The van der Waals surface area contributed by atoms with Gasteiger partial charge in [0.1, 0.15) is 18.6 Å². The molecule has 1 aliphatic heterocycles. The molecule has 0 unspecified atom stereocenters. The lowest BCUT2D eigenvalue weighted by atomic mass is 10.2. The van der Waals surface area contributed by atoms with Crippen molar-refractivity contribution in [3.05, 3.63) is 22.7 Å². The van der Waals surface area contributed by atoms with Crippen LogP contribution in [0.15, 0.2) is 17.1 Å². The Morgan fingerprint density at radius 1 is 1.74 bits per heavy atom. The Labute approximate surface area is 108 Å². The predicted molar refractivity (Wildman–Crippen MR) is 63.0 cm³/mol. The van der Waals surface area contributed by atoms with E-state index in [4.69, 9.17) is 15.2 Å². The first kappa shape index (κ1) is 13.5. The number of halogens is 1. The molecule has 1 saturated heterocycles. The molecule has 2 N–H and O–H groups in total. The van der Waals surface area contributed by atoms with E-state index in [-0.39, 0.29) is 18.8 Å². The van der Waals surface area contributed by atoms with Crippen molar-refractivity contribution in [2.45, 2.75) is 31.8 Å². The fourth-order valence-electron chi connectivity index (χ4n) is 1.88. The third-order valence-electron chi connectivity index (χ3n) is 2.73. The maximum absolute atomic E-state index is 13.8. The van der Waals surface area contributed by atoms with E-state index in [0.717, 1.165) is 4.57 Å². The smallest absolute Gasteiger partial charge is 0.351 e. The molecule has 1 aliphatic rings. The van der Waals surface area contributed by atoms with Crippen LogP contribution < -0.4 is 11.4 Å². The lowest BCUT2D eigenvalue weighted by molar-refractivity contribution is -0.145. The summed E-state index contributed by atoms with van der Waals surface area (Å²) in [7, 11) is 0. The van der Waals surface area contributed by atoms with E-state index in [1.54, 1.807) is 0 Å². The van der Waals surface area contributed by atoms with Gasteiger partial charge in [-0.2, -0.15) is 4.98 Å². The first-order valence-electron chi connectivity index (χ1n) is 5.75. The summed E-state index contributed by atoms with van der Waals surface area (Å²) in [4.78, 5) is 25.8. The molecule has 1 aromatic rings. The minimum atomic E-state index is -1.37. The second-order valence-electron chi connectivity index (χ2n) is 4.25. The number of hydrogen-bond donors (Lipinski definition) is 1. The van der Waals surface area contributed by atoms with Crippen LogP contribution in [0, 0.1) is 0 Å². The van der Waals surface area contributed by atoms with Gasteiger partial charge in [-0.15, -0.1) is 0 Å². The fourth-order valence-corrected chi connectivity index (χ4v) is 1.88. The van der Waals surface area contributed by atoms with Crippen LogP contribution >= 0.6 is 0 Å². The summed E-state index contributed by atoms with van der Waals surface area (Å²) >= 11 is 0. The zero-order valence-corrected chi connectivity index (χ0v) is 10.3. The minimum absolute atomic E-state index is 0.0383. The molecular weight excluding hydrogens is 257 g/mol. The third kappa shape index (κ3) is 3.08. The number of nitrogens with two attached hydrogens (primary N) is 1. The van der Waals surface area contributed by atoms with Crippen LogP contribution in [0.5, 0.6) is 0 Å². The van der Waals surface area contributed by atoms with Crippen LogP contribution in [0.2, 0.25) is 0 Å². The number of nitrogens with zero attached hydrogens (tertiary/aromatic N) is 2. The highest BCUT2D eigenvalue weighted by molar-refractivity contribution is 5.65. The van der Waals surface area contributed by atoms with Crippen molar-refractivity contribution in [1.29, 1.82) is 0 Å². The Kier molecular flexibility index (Phi) is 3.79. The maximum Gasteiger partial charge on any atom is 0.351 e. The Hall–Kier alpha value is -1.96. The molecule has 1 fully saturated rings. The van der Waals surface area contributed by atoms with Crippen molar-refractivity contribution in [2.75, 3.05) is 12.3 Å². The second kappa shape index (κ2) is 5.35. The summed E-state index contributed by atoms with van der Waals surface area (Å²) in [5, 5.41) is 0. The van der Waals surface area contributed by atoms with Crippen LogP contribution in [0.3, 0.4) is 0 Å². The summed E-state index contributed by atoms with van der Waals surface area (Å²) in [6.07, 6.45) is -1.64. The molecule has 2 heterocycles.